The molecule has 3 unspecified atom stereocenters. The number of fused-ring (bicyclic) bond motifs is 3. The van der Waals surface area contributed by atoms with Gasteiger partial charge in [0.15, 0.2) is 16.7 Å². The summed E-state index contributed by atoms with van der Waals surface area (Å²) < 4.78 is 16.1. The van der Waals surface area contributed by atoms with Crippen LogP contribution in [-0.4, -0.2) is 60.3 Å². The molecule has 1 fully saturated rings. The molecular formula is C25H30N6O4S. The third-order valence-corrected chi connectivity index (χ3v) is 7.48. The number of carbonyl (C=O) groups is 1. The summed E-state index contributed by atoms with van der Waals surface area (Å²) in [6.07, 6.45) is 4.94. The first-order valence-corrected chi connectivity index (χ1v) is 12.7. The second-order valence-corrected chi connectivity index (χ2v) is 9.50. The highest BCUT2D eigenvalue weighted by Crippen LogP contribution is 2.35. The molecule has 2 aromatic rings. The van der Waals surface area contributed by atoms with E-state index in [1.54, 1.807) is 21.3 Å². The van der Waals surface area contributed by atoms with Gasteiger partial charge in [0.25, 0.3) is 0 Å². The lowest BCUT2D eigenvalue weighted by molar-refractivity contribution is -0.118. The standard InChI is InChI=1S/C25H30N6O4S/c1-33-18-9-7-16(8-10-18)19-13-20-24-27-28-25(30(24)11-12-31(20)29-19)36-15-22(32)26-14-17-5-4-6-21(34-2)23(17)35-3/h4-12,19-20,24,27,29H,13-15H2,1-3H3,(H,26,32). The number of hydrogen-bond donors (Lipinski definition) is 3. The van der Waals surface area contributed by atoms with E-state index in [0.717, 1.165) is 22.9 Å². The molecule has 1 saturated heterocycles. The number of para-hydroxylation sites is 1. The maximum Gasteiger partial charge on any atom is 0.230 e. The summed E-state index contributed by atoms with van der Waals surface area (Å²) in [4.78, 5) is 14.7. The molecular weight excluding hydrogens is 480 g/mol. The molecule has 2 aromatic carbocycles. The Hall–Kier alpha value is -3.57. The lowest BCUT2D eigenvalue weighted by Crippen LogP contribution is -2.54. The molecule has 5 rings (SSSR count). The highest BCUT2D eigenvalue weighted by atomic mass is 32.2. The van der Waals surface area contributed by atoms with Crippen molar-refractivity contribution in [1.29, 1.82) is 0 Å². The number of hydrazone groups is 1. The smallest absolute Gasteiger partial charge is 0.230 e. The molecule has 1 amide bonds. The van der Waals surface area contributed by atoms with Crippen LogP contribution in [0.5, 0.6) is 17.2 Å². The zero-order chi connectivity index (χ0) is 25.1. The molecule has 0 bridgehead atoms. The van der Waals surface area contributed by atoms with Crippen molar-refractivity contribution in [3.05, 3.63) is 66.0 Å². The average molecular weight is 511 g/mol. The number of carbonyl (C=O) groups excluding carboxylic acids is 1. The lowest BCUT2D eigenvalue weighted by Gasteiger charge is -2.36. The monoisotopic (exact) mass is 510 g/mol. The molecule has 10 nitrogen and oxygen atoms in total. The van der Waals surface area contributed by atoms with Crippen LogP contribution < -0.4 is 30.4 Å². The van der Waals surface area contributed by atoms with Gasteiger partial charge in [0, 0.05) is 24.5 Å². The number of amidine groups is 1. The molecule has 190 valence electrons. The quantitative estimate of drug-likeness (QED) is 0.494. The maximum absolute atomic E-state index is 12.6. The van der Waals surface area contributed by atoms with E-state index in [0.29, 0.717) is 18.0 Å². The number of hydrogen-bond acceptors (Lipinski definition) is 10. The van der Waals surface area contributed by atoms with Crippen LogP contribution in [-0.2, 0) is 11.3 Å². The minimum absolute atomic E-state index is 0.00245. The molecule has 0 saturated carbocycles. The van der Waals surface area contributed by atoms with Gasteiger partial charge in [0.2, 0.25) is 5.91 Å². The normalized spacial score (nSPS) is 21.9. The number of hydrazine groups is 1. The first-order valence-electron chi connectivity index (χ1n) is 11.7. The number of ether oxygens (including phenoxy) is 3. The molecule has 0 aliphatic carbocycles. The fraction of sp³-hybridized carbons (Fsp3) is 0.360. The van der Waals surface area contributed by atoms with Crippen molar-refractivity contribution in [3.8, 4) is 17.2 Å². The second-order valence-electron chi connectivity index (χ2n) is 8.56. The predicted molar refractivity (Wildman–Crippen MR) is 138 cm³/mol. The fourth-order valence-electron chi connectivity index (χ4n) is 4.67. The van der Waals surface area contributed by atoms with Crippen molar-refractivity contribution < 1.29 is 19.0 Å². The van der Waals surface area contributed by atoms with Crippen molar-refractivity contribution >= 4 is 22.8 Å². The highest BCUT2D eigenvalue weighted by Gasteiger charge is 2.44. The molecule has 0 radical (unpaired) electrons. The van der Waals surface area contributed by atoms with Gasteiger partial charge < -0.3 is 29.4 Å². The van der Waals surface area contributed by atoms with Gasteiger partial charge >= 0.3 is 0 Å². The predicted octanol–water partition coefficient (Wildman–Crippen LogP) is 2.37. The van der Waals surface area contributed by atoms with Gasteiger partial charge in [0.1, 0.15) is 11.9 Å². The Bertz CT molecular complexity index is 1160. The first-order chi connectivity index (χ1) is 17.6. The van der Waals surface area contributed by atoms with Crippen LogP contribution >= 0.6 is 11.8 Å². The highest BCUT2D eigenvalue weighted by molar-refractivity contribution is 8.14. The van der Waals surface area contributed by atoms with Crippen molar-refractivity contribution in [2.45, 2.75) is 31.2 Å². The first kappa shape index (κ1) is 24.1. The topological polar surface area (TPSA) is 99.7 Å². The molecule has 3 aliphatic heterocycles. The van der Waals surface area contributed by atoms with Crippen LogP contribution in [0.1, 0.15) is 23.6 Å². The zero-order valence-electron chi connectivity index (χ0n) is 20.4. The Morgan fingerprint density at radius 2 is 1.94 bits per heavy atom. The summed E-state index contributed by atoms with van der Waals surface area (Å²) in [5.74, 6) is 2.28. The number of thioether (sulfide) groups is 1. The number of benzene rings is 2. The summed E-state index contributed by atoms with van der Waals surface area (Å²) in [5.41, 5.74) is 8.90. The van der Waals surface area contributed by atoms with Crippen molar-refractivity contribution in [2.75, 3.05) is 27.1 Å². The van der Waals surface area contributed by atoms with Crippen LogP contribution in [0.15, 0.2) is 60.0 Å². The number of nitrogens with one attached hydrogen (secondary N) is 3. The molecule has 3 N–H and O–H groups in total. The van der Waals surface area contributed by atoms with E-state index in [1.165, 1.54) is 17.3 Å². The summed E-state index contributed by atoms with van der Waals surface area (Å²) in [5, 5.41) is 10.4. The molecule has 0 aromatic heterocycles. The van der Waals surface area contributed by atoms with E-state index in [1.807, 2.05) is 42.7 Å². The molecule has 11 heteroatoms. The van der Waals surface area contributed by atoms with E-state index in [9.17, 15) is 4.79 Å². The van der Waals surface area contributed by atoms with Crippen LogP contribution in [0.25, 0.3) is 0 Å². The largest absolute Gasteiger partial charge is 0.497 e. The van der Waals surface area contributed by atoms with Crippen molar-refractivity contribution in [3.63, 3.8) is 0 Å². The Morgan fingerprint density at radius 1 is 1.11 bits per heavy atom. The molecule has 3 heterocycles. The molecule has 0 spiro atoms. The van der Waals surface area contributed by atoms with Gasteiger partial charge in [-0.15, -0.1) is 0 Å². The summed E-state index contributed by atoms with van der Waals surface area (Å²) in [7, 11) is 4.86. The average Bonchev–Trinajstić information content (AvgIpc) is 3.54. The van der Waals surface area contributed by atoms with Crippen molar-refractivity contribution in [1.82, 2.24) is 26.1 Å². The molecule has 36 heavy (non-hydrogen) atoms. The van der Waals surface area contributed by atoms with E-state index in [-0.39, 0.29) is 29.9 Å². The van der Waals surface area contributed by atoms with Gasteiger partial charge in [-0.05, 0) is 30.2 Å². The number of nitrogens with zero attached hydrogens (tertiary/aromatic N) is 3. The fourth-order valence-corrected chi connectivity index (χ4v) is 5.47. The van der Waals surface area contributed by atoms with Gasteiger partial charge in [-0.25, -0.2) is 5.43 Å². The van der Waals surface area contributed by atoms with Gasteiger partial charge in [-0.2, -0.15) is 5.10 Å². The third kappa shape index (κ3) is 4.76. The number of methoxy groups -OCH3 is 3. The summed E-state index contributed by atoms with van der Waals surface area (Å²) in [6, 6.07) is 14.2. The van der Waals surface area contributed by atoms with Gasteiger partial charge in [0.05, 0.1) is 39.2 Å². The zero-order valence-corrected chi connectivity index (χ0v) is 21.2. The second kappa shape index (κ2) is 10.6. The maximum atomic E-state index is 12.6. The van der Waals surface area contributed by atoms with E-state index < -0.39 is 0 Å². The summed E-state index contributed by atoms with van der Waals surface area (Å²) in [6.45, 7) is 0.353. The number of rotatable bonds is 8. The third-order valence-electron chi connectivity index (χ3n) is 6.52. The Balaban J connectivity index is 1.14. The Labute approximate surface area is 214 Å². The molecule has 3 aliphatic rings. The van der Waals surface area contributed by atoms with E-state index >= 15 is 0 Å². The van der Waals surface area contributed by atoms with E-state index in [4.69, 9.17) is 14.2 Å². The minimum Gasteiger partial charge on any atom is -0.497 e. The summed E-state index contributed by atoms with van der Waals surface area (Å²) >= 11 is 1.41. The van der Waals surface area contributed by atoms with Gasteiger partial charge in [-0.3, -0.25) is 10.2 Å². The SMILES string of the molecule is COc1ccc(C2CC3C4NN=C(SCC(=O)NCc5cccc(OC)c5OC)N4C=CN3N2)cc1. The van der Waals surface area contributed by atoms with Crippen LogP contribution in [0.2, 0.25) is 0 Å². The van der Waals surface area contributed by atoms with Crippen LogP contribution in [0.4, 0.5) is 0 Å². The van der Waals surface area contributed by atoms with Gasteiger partial charge in [-0.1, -0.05) is 36.0 Å². The van der Waals surface area contributed by atoms with Crippen molar-refractivity contribution in [2.24, 2.45) is 5.10 Å². The lowest BCUT2D eigenvalue weighted by atomic mass is 10.00. The van der Waals surface area contributed by atoms with E-state index in [2.05, 4.69) is 43.3 Å². The molecule has 3 atom stereocenters. The Morgan fingerprint density at radius 3 is 2.69 bits per heavy atom. The Kier molecular flexibility index (Phi) is 7.10. The minimum atomic E-state index is -0.0826. The number of amides is 1. The van der Waals surface area contributed by atoms with Crippen LogP contribution in [0, 0.1) is 0 Å². The van der Waals surface area contributed by atoms with Crippen LogP contribution in [0.3, 0.4) is 0 Å².